The lowest BCUT2D eigenvalue weighted by atomic mass is 9.72. The molecule has 2 unspecified atom stereocenters. The molecule has 8 nitrogen and oxygen atoms in total. The number of nitrogens with one attached hydrogen (secondary N) is 1. The van der Waals surface area contributed by atoms with Gasteiger partial charge in [-0.3, -0.25) is 9.78 Å². The smallest absolute Gasteiger partial charge is 0.359 e. The van der Waals surface area contributed by atoms with Gasteiger partial charge in [-0.2, -0.15) is 0 Å². The van der Waals surface area contributed by atoms with E-state index < -0.39 is 23.9 Å². The van der Waals surface area contributed by atoms with E-state index in [0.717, 1.165) is 29.7 Å². The molecule has 1 aliphatic rings. The summed E-state index contributed by atoms with van der Waals surface area (Å²) < 4.78 is 10.4. The molecule has 1 aromatic carbocycles. The number of fused-ring (bicyclic) bond motifs is 2. The highest BCUT2D eigenvalue weighted by atomic mass is 32.1. The first kappa shape index (κ1) is 24.8. The molecule has 0 radical (unpaired) electrons. The number of thiophene rings is 1. The number of carbonyl (C=O) groups excluding carboxylic acids is 3. The molecule has 1 amide bonds. The van der Waals surface area contributed by atoms with Crippen LogP contribution < -0.4 is 5.32 Å². The molecule has 0 saturated heterocycles. The lowest BCUT2D eigenvalue weighted by molar-refractivity contribution is -0.123. The largest absolute Gasteiger partial charge is 0.465 e. The van der Waals surface area contributed by atoms with E-state index in [2.05, 4.69) is 36.1 Å². The second-order valence-corrected chi connectivity index (χ2v) is 10.9. The third-order valence-electron chi connectivity index (χ3n) is 6.43. The number of hydrogen-bond acceptors (Lipinski definition) is 8. The zero-order chi connectivity index (χ0) is 25.3. The summed E-state index contributed by atoms with van der Waals surface area (Å²) in [6.45, 7) is 8.13. The van der Waals surface area contributed by atoms with Gasteiger partial charge in [-0.25, -0.2) is 14.6 Å². The van der Waals surface area contributed by atoms with Gasteiger partial charge in [0.15, 0.2) is 11.8 Å². The molecule has 2 heterocycles. The molecule has 0 aliphatic heterocycles. The van der Waals surface area contributed by atoms with Gasteiger partial charge in [0, 0.05) is 4.88 Å². The van der Waals surface area contributed by atoms with Crippen molar-refractivity contribution in [1.29, 1.82) is 0 Å². The minimum absolute atomic E-state index is 0.0124. The molecule has 35 heavy (non-hydrogen) atoms. The molecular weight excluding hydrogens is 466 g/mol. The van der Waals surface area contributed by atoms with Gasteiger partial charge in [-0.1, -0.05) is 32.9 Å². The maximum absolute atomic E-state index is 12.9. The lowest BCUT2D eigenvalue weighted by Gasteiger charge is -2.33. The predicted octanol–water partition coefficient (Wildman–Crippen LogP) is 4.81. The highest BCUT2D eigenvalue weighted by molar-refractivity contribution is 7.17. The summed E-state index contributed by atoms with van der Waals surface area (Å²) in [4.78, 5) is 47.7. The van der Waals surface area contributed by atoms with Crippen molar-refractivity contribution in [1.82, 2.24) is 9.97 Å². The summed E-state index contributed by atoms with van der Waals surface area (Å²) in [5.74, 6) is -1.30. The normalized spacial score (nSPS) is 16.3. The molecule has 4 rings (SSSR count). The van der Waals surface area contributed by atoms with Gasteiger partial charge in [0.2, 0.25) is 0 Å². The molecule has 1 N–H and O–H groups in total. The number of ether oxygens (including phenoxy) is 2. The average Bonchev–Trinajstić information content (AvgIpc) is 3.19. The Bertz CT molecular complexity index is 1290. The van der Waals surface area contributed by atoms with Crippen LogP contribution in [0.3, 0.4) is 0 Å². The Kier molecular flexibility index (Phi) is 6.89. The summed E-state index contributed by atoms with van der Waals surface area (Å²) >= 11 is 1.39. The van der Waals surface area contributed by atoms with Gasteiger partial charge in [0.25, 0.3) is 5.91 Å². The van der Waals surface area contributed by atoms with Crippen LogP contribution >= 0.6 is 11.3 Å². The van der Waals surface area contributed by atoms with Gasteiger partial charge in [-0.05, 0) is 55.2 Å². The predicted molar refractivity (Wildman–Crippen MR) is 134 cm³/mol. The van der Waals surface area contributed by atoms with E-state index in [9.17, 15) is 14.4 Å². The Morgan fingerprint density at radius 3 is 2.54 bits per heavy atom. The van der Waals surface area contributed by atoms with E-state index in [1.165, 1.54) is 31.6 Å². The standard InChI is InChI=1S/C26H29N3O5S/c1-14(34-24(31)19-13-27-17-8-6-7-9-18(17)28-19)22(30)29-23-21(25(32)33-5)16-11-10-15(26(2,3)4)12-20(16)35-23/h6-9,13-15H,10-12H2,1-5H3,(H,29,30). The van der Waals surface area contributed by atoms with E-state index >= 15 is 0 Å². The minimum Gasteiger partial charge on any atom is -0.465 e. The van der Waals surface area contributed by atoms with Crippen LogP contribution in [0.2, 0.25) is 0 Å². The first-order chi connectivity index (χ1) is 16.6. The van der Waals surface area contributed by atoms with Crippen LogP contribution in [0.1, 0.15) is 65.4 Å². The van der Waals surface area contributed by atoms with E-state index in [0.29, 0.717) is 27.5 Å². The Hall–Kier alpha value is -3.33. The van der Waals surface area contributed by atoms with Crippen molar-refractivity contribution in [3.8, 4) is 0 Å². The van der Waals surface area contributed by atoms with Gasteiger partial charge >= 0.3 is 11.9 Å². The topological polar surface area (TPSA) is 107 Å². The number of anilines is 1. The molecule has 3 aromatic rings. The van der Waals surface area contributed by atoms with E-state index in [4.69, 9.17) is 9.47 Å². The number of amides is 1. The third kappa shape index (κ3) is 5.19. The number of carbonyl (C=O) groups is 3. The number of aromatic nitrogens is 2. The maximum atomic E-state index is 12.9. The second-order valence-electron chi connectivity index (χ2n) is 9.79. The summed E-state index contributed by atoms with van der Waals surface area (Å²) in [5.41, 5.74) is 2.70. The van der Waals surface area contributed by atoms with Gasteiger partial charge in [0.05, 0.1) is 29.9 Å². The SMILES string of the molecule is COC(=O)c1c(NC(=O)C(C)OC(=O)c2cnc3ccccc3n2)sc2c1CCC(C(C)(C)C)C2. The van der Waals surface area contributed by atoms with Crippen molar-refractivity contribution in [2.75, 3.05) is 12.4 Å². The van der Waals surface area contributed by atoms with Crippen molar-refractivity contribution in [3.05, 3.63) is 52.2 Å². The molecule has 0 fully saturated rings. The van der Waals surface area contributed by atoms with Crippen molar-refractivity contribution in [3.63, 3.8) is 0 Å². The number of hydrogen-bond donors (Lipinski definition) is 1. The van der Waals surface area contributed by atoms with Crippen LogP contribution in [0.4, 0.5) is 5.00 Å². The number of para-hydroxylation sites is 2. The maximum Gasteiger partial charge on any atom is 0.359 e. The third-order valence-corrected chi connectivity index (χ3v) is 7.60. The van der Waals surface area contributed by atoms with Crippen molar-refractivity contribution < 1.29 is 23.9 Å². The Morgan fingerprint density at radius 2 is 1.86 bits per heavy atom. The molecule has 0 spiro atoms. The molecule has 2 atom stereocenters. The number of benzene rings is 1. The van der Waals surface area contributed by atoms with Crippen LogP contribution in [-0.4, -0.2) is 41.0 Å². The Morgan fingerprint density at radius 1 is 1.14 bits per heavy atom. The summed E-state index contributed by atoms with van der Waals surface area (Å²) in [5, 5.41) is 3.21. The Labute approximate surface area is 208 Å². The molecule has 2 aromatic heterocycles. The molecular formula is C26H29N3O5S. The summed E-state index contributed by atoms with van der Waals surface area (Å²) in [6.07, 6.45) is 2.77. The van der Waals surface area contributed by atoms with Crippen LogP contribution in [0.5, 0.6) is 0 Å². The molecule has 1 aliphatic carbocycles. The van der Waals surface area contributed by atoms with Crippen molar-refractivity contribution >= 4 is 45.2 Å². The quantitative estimate of drug-likeness (QED) is 0.506. The number of methoxy groups -OCH3 is 1. The first-order valence-electron chi connectivity index (χ1n) is 11.5. The minimum atomic E-state index is -1.11. The van der Waals surface area contributed by atoms with Crippen molar-refractivity contribution in [2.45, 2.75) is 53.1 Å². The molecule has 184 valence electrons. The van der Waals surface area contributed by atoms with Gasteiger partial charge < -0.3 is 14.8 Å². The zero-order valence-electron chi connectivity index (χ0n) is 20.5. The van der Waals surface area contributed by atoms with E-state index in [1.54, 1.807) is 18.2 Å². The molecule has 9 heteroatoms. The van der Waals surface area contributed by atoms with Gasteiger partial charge in [0.1, 0.15) is 5.00 Å². The van der Waals surface area contributed by atoms with Crippen LogP contribution in [-0.2, 0) is 27.1 Å². The molecule has 0 bridgehead atoms. The fraction of sp³-hybridized carbons (Fsp3) is 0.423. The van der Waals surface area contributed by atoms with Gasteiger partial charge in [-0.15, -0.1) is 11.3 Å². The number of rotatable bonds is 5. The second kappa shape index (κ2) is 9.73. The number of nitrogens with zero attached hydrogens (tertiary/aromatic N) is 2. The molecule has 0 saturated carbocycles. The first-order valence-corrected chi connectivity index (χ1v) is 12.4. The van der Waals surface area contributed by atoms with E-state index in [1.807, 2.05) is 6.07 Å². The number of esters is 2. The van der Waals surface area contributed by atoms with Crippen LogP contribution in [0.15, 0.2) is 30.5 Å². The zero-order valence-corrected chi connectivity index (χ0v) is 21.3. The Balaban J connectivity index is 1.51. The fourth-order valence-electron chi connectivity index (χ4n) is 4.27. The average molecular weight is 496 g/mol. The fourth-order valence-corrected chi connectivity index (χ4v) is 5.59. The summed E-state index contributed by atoms with van der Waals surface area (Å²) in [6, 6.07) is 7.16. The van der Waals surface area contributed by atoms with E-state index in [-0.39, 0.29) is 11.1 Å². The summed E-state index contributed by atoms with van der Waals surface area (Å²) in [7, 11) is 1.33. The van der Waals surface area contributed by atoms with Crippen LogP contribution in [0.25, 0.3) is 11.0 Å². The van der Waals surface area contributed by atoms with Crippen molar-refractivity contribution in [2.24, 2.45) is 11.3 Å². The lowest BCUT2D eigenvalue weighted by Crippen LogP contribution is -2.30. The highest BCUT2D eigenvalue weighted by Gasteiger charge is 2.35. The van der Waals surface area contributed by atoms with Crippen LogP contribution in [0, 0.1) is 11.3 Å². The monoisotopic (exact) mass is 495 g/mol. The highest BCUT2D eigenvalue weighted by Crippen LogP contribution is 2.44.